The minimum absolute atomic E-state index is 0.276. The van der Waals surface area contributed by atoms with Gasteiger partial charge in [-0.05, 0) is 84.9 Å². The molecule has 6 heteroatoms. The van der Waals surface area contributed by atoms with E-state index in [0.29, 0.717) is 12.3 Å². The van der Waals surface area contributed by atoms with E-state index in [0.717, 1.165) is 40.6 Å². The summed E-state index contributed by atoms with van der Waals surface area (Å²) in [7, 11) is 1.40. The highest BCUT2D eigenvalue weighted by atomic mass is 79.9. The van der Waals surface area contributed by atoms with Crippen LogP contribution in [0.15, 0.2) is 34.9 Å². The number of aromatic nitrogens is 1. The van der Waals surface area contributed by atoms with Crippen LogP contribution >= 0.6 is 27.3 Å². The summed E-state index contributed by atoms with van der Waals surface area (Å²) >= 11 is 5.32. The van der Waals surface area contributed by atoms with Gasteiger partial charge in [-0.3, -0.25) is 4.79 Å². The molecule has 0 aliphatic carbocycles. The number of hydrogen-bond acceptors (Lipinski definition) is 5. The van der Waals surface area contributed by atoms with Gasteiger partial charge in [0.15, 0.2) is 5.58 Å². The summed E-state index contributed by atoms with van der Waals surface area (Å²) in [5.74, 6) is 0.203. The average molecular weight is 514 g/mol. The third kappa shape index (κ3) is 4.48. The van der Waals surface area contributed by atoms with Gasteiger partial charge < -0.3 is 9.26 Å². The smallest absolute Gasteiger partial charge is 0.319 e. The van der Waals surface area contributed by atoms with Crippen molar-refractivity contribution in [3.05, 3.63) is 63.2 Å². The number of fused-ring (bicyclic) bond motifs is 2. The van der Waals surface area contributed by atoms with Gasteiger partial charge in [0.25, 0.3) is 0 Å². The zero-order valence-electron chi connectivity index (χ0n) is 19.1. The molecule has 2 heterocycles. The molecule has 4 aromatic rings. The van der Waals surface area contributed by atoms with Gasteiger partial charge in [0, 0.05) is 15.0 Å². The number of nitrogens with zero attached hydrogens (tertiary/aromatic N) is 1. The summed E-state index contributed by atoms with van der Waals surface area (Å²) < 4.78 is 11.9. The maximum atomic E-state index is 11.8. The third-order valence-corrected chi connectivity index (χ3v) is 7.91. The van der Waals surface area contributed by atoms with Crippen molar-refractivity contribution in [3.63, 3.8) is 0 Å². The largest absolute Gasteiger partial charge is 0.468 e. The fraction of sp³-hybridized carbons (Fsp3) is 0.385. The van der Waals surface area contributed by atoms with E-state index in [1.54, 1.807) is 0 Å². The Balaban J connectivity index is 1.60. The summed E-state index contributed by atoms with van der Waals surface area (Å²) in [6.07, 6.45) is 2.32. The first-order valence-corrected chi connectivity index (χ1v) is 12.6. The Morgan fingerprint density at radius 2 is 1.94 bits per heavy atom. The Hall–Kier alpha value is -2.18. The van der Waals surface area contributed by atoms with Crippen molar-refractivity contribution in [1.82, 2.24) is 5.16 Å². The van der Waals surface area contributed by atoms with Gasteiger partial charge in [0.1, 0.15) is 4.83 Å². The second-order valence-electron chi connectivity index (χ2n) is 8.69. The van der Waals surface area contributed by atoms with E-state index >= 15 is 0 Å². The number of benzene rings is 2. The first-order chi connectivity index (χ1) is 15.3. The van der Waals surface area contributed by atoms with E-state index in [4.69, 9.17) is 9.26 Å². The van der Waals surface area contributed by atoms with E-state index in [2.05, 4.69) is 73.0 Å². The number of rotatable bonds is 7. The number of thiophene rings is 1. The van der Waals surface area contributed by atoms with Gasteiger partial charge in [0.05, 0.1) is 12.8 Å². The molecule has 4 nitrogen and oxygen atoms in total. The van der Waals surface area contributed by atoms with Crippen LogP contribution in [0.4, 0.5) is 0 Å². The van der Waals surface area contributed by atoms with Crippen LogP contribution < -0.4 is 0 Å². The molecule has 0 saturated carbocycles. The van der Waals surface area contributed by atoms with Crippen LogP contribution in [0.1, 0.15) is 52.6 Å². The maximum Gasteiger partial charge on any atom is 0.319 e. The third-order valence-electron chi connectivity index (χ3n) is 5.99. The highest BCUT2D eigenvalue weighted by Gasteiger charge is 2.20. The number of halogens is 1. The number of ether oxygens (including phenoxy) is 1. The molecule has 1 atom stereocenters. The van der Waals surface area contributed by atoms with Gasteiger partial charge in [0.2, 0.25) is 0 Å². The minimum Gasteiger partial charge on any atom is -0.468 e. The molecular weight excluding hydrogens is 486 g/mol. The van der Waals surface area contributed by atoms with Crippen LogP contribution in [0.3, 0.4) is 0 Å². The molecule has 0 bridgehead atoms. The van der Waals surface area contributed by atoms with Crippen molar-refractivity contribution in [3.8, 4) is 0 Å². The predicted octanol–water partition coefficient (Wildman–Crippen LogP) is 7.05. The highest BCUT2D eigenvalue weighted by molar-refractivity contribution is 9.10. The summed E-state index contributed by atoms with van der Waals surface area (Å²) in [5.41, 5.74) is 6.68. The normalized spacial score (nSPS) is 12.7. The molecule has 0 aliphatic rings. The van der Waals surface area contributed by atoms with E-state index in [1.807, 2.05) is 17.4 Å². The van der Waals surface area contributed by atoms with E-state index in [1.165, 1.54) is 33.2 Å². The fourth-order valence-corrected chi connectivity index (χ4v) is 6.31. The zero-order chi connectivity index (χ0) is 23.0. The van der Waals surface area contributed by atoms with Gasteiger partial charge in [-0.25, -0.2) is 0 Å². The second kappa shape index (κ2) is 9.36. The Kier molecular flexibility index (Phi) is 6.72. The predicted molar refractivity (Wildman–Crippen MR) is 135 cm³/mol. The number of esters is 1. The molecule has 0 radical (unpaired) electrons. The topological polar surface area (TPSA) is 52.3 Å². The first-order valence-electron chi connectivity index (χ1n) is 10.9. The maximum absolute atomic E-state index is 11.8. The lowest BCUT2D eigenvalue weighted by molar-refractivity contribution is -0.139. The van der Waals surface area contributed by atoms with E-state index in [9.17, 15) is 4.79 Å². The molecule has 0 aliphatic heterocycles. The Morgan fingerprint density at radius 1 is 1.16 bits per heavy atom. The number of alkyl halides is 1. The SMILES string of the molecule is COC(=O)C(Br)Cc1cc2onc(CCc3sc4cc(C)ccc4c3C(C)C)c2cc1C. The van der Waals surface area contributed by atoms with Gasteiger partial charge in [-0.2, -0.15) is 0 Å². The zero-order valence-corrected chi connectivity index (χ0v) is 21.5. The summed E-state index contributed by atoms with van der Waals surface area (Å²) in [4.78, 5) is 12.8. The molecule has 0 saturated heterocycles. The Bertz CT molecular complexity index is 1290. The van der Waals surface area contributed by atoms with Crippen LogP contribution in [0.25, 0.3) is 21.1 Å². The van der Waals surface area contributed by atoms with Crippen LogP contribution in [-0.2, 0) is 28.8 Å². The van der Waals surface area contributed by atoms with Crippen molar-refractivity contribution in [2.45, 2.75) is 57.7 Å². The van der Waals surface area contributed by atoms with Crippen molar-refractivity contribution >= 4 is 54.3 Å². The van der Waals surface area contributed by atoms with Crippen LogP contribution in [-0.4, -0.2) is 23.1 Å². The molecule has 0 fully saturated rings. The van der Waals surface area contributed by atoms with Gasteiger partial charge >= 0.3 is 5.97 Å². The lowest BCUT2D eigenvalue weighted by Crippen LogP contribution is -2.18. The van der Waals surface area contributed by atoms with Crippen molar-refractivity contribution in [1.29, 1.82) is 0 Å². The summed E-state index contributed by atoms with van der Waals surface area (Å²) in [5, 5.41) is 6.83. The van der Waals surface area contributed by atoms with Gasteiger partial charge in [-0.1, -0.05) is 47.1 Å². The standard InChI is InChI=1S/C26H28BrNO3S/c1-14(2)25-18-7-6-15(3)10-24(18)32-23(25)9-8-21-19-11-16(4)17(13-22(19)31-28-21)12-20(27)26(29)30-5/h6-7,10-11,13-14,20H,8-9,12H2,1-5H3. The average Bonchev–Trinajstić information content (AvgIpc) is 3.31. The van der Waals surface area contributed by atoms with Crippen LogP contribution in [0, 0.1) is 13.8 Å². The minimum atomic E-state index is -0.378. The molecule has 32 heavy (non-hydrogen) atoms. The molecule has 4 rings (SSSR count). The van der Waals surface area contributed by atoms with E-state index < -0.39 is 0 Å². The molecule has 0 N–H and O–H groups in total. The molecule has 0 amide bonds. The molecule has 2 aromatic heterocycles. The van der Waals surface area contributed by atoms with Crippen molar-refractivity contribution in [2.75, 3.05) is 7.11 Å². The number of methoxy groups -OCH3 is 1. The Morgan fingerprint density at radius 3 is 2.66 bits per heavy atom. The van der Waals surface area contributed by atoms with Crippen molar-refractivity contribution in [2.24, 2.45) is 0 Å². The highest BCUT2D eigenvalue weighted by Crippen LogP contribution is 2.37. The molecule has 1 unspecified atom stereocenters. The lowest BCUT2D eigenvalue weighted by atomic mass is 9.96. The number of aryl methyl sites for hydroxylation is 4. The number of carbonyl (C=O) groups excluding carboxylic acids is 1. The van der Waals surface area contributed by atoms with Crippen LogP contribution in [0.5, 0.6) is 0 Å². The fourth-order valence-electron chi connectivity index (χ4n) is 4.31. The van der Waals surface area contributed by atoms with E-state index in [-0.39, 0.29) is 10.8 Å². The van der Waals surface area contributed by atoms with Crippen LogP contribution in [0.2, 0.25) is 0 Å². The quantitative estimate of drug-likeness (QED) is 0.196. The van der Waals surface area contributed by atoms with Crippen molar-refractivity contribution < 1.29 is 14.1 Å². The summed E-state index contributed by atoms with van der Waals surface area (Å²) in [6, 6.07) is 10.9. The monoisotopic (exact) mass is 513 g/mol. The van der Waals surface area contributed by atoms with Gasteiger partial charge in [-0.15, -0.1) is 11.3 Å². The molecule has 168 valence electrons. The Labute approximate surface area is 201 Å². The molecular formula is C26H28BrNO3S. The molecule has 0 spiro atoms. The summed E-state index contributed by atoms with van der Waals surface area (Å²) in [6.45, 7) is 8.75. The first kappa shape index (κ1) is 23.0. The molecule has 2 aromatic carbocycles. The lowest BCUT2D eigenvalue weighted by Gasteiger charge is -2.10. The number of hydrogen-bond donors (Lipinski definition) is 0. The number of carbonyl (C=O) groups is 1. The second-order valence-corrected chi connectivity index (χ2v) is 10.9.